The molecule has 0 N–H and O–H groups in total. The smallest absolute Gasteiger partial charge is 0.188 e. The van der Waals surface area contributed by atoms with E-state index in [9.17, 15) is 4.79 Å². The molecule has 0 aromatic heterocycles. The van der Waals surface area contributed by atoms with E-state index in [0.29, 0.717) is 6.04 Å². The van der Waals surface area contributed by atoms with Gasteiger partial charge < -0.3 is 4.90 Å². The van der Waals surface area contributed by atoms with Crippen LogP contribution in [0, 0.1) is 6.92 Å². The molecule has 1 heterocycles. The fraction of sp³-hybridized carbons (Fsp3) is 0.174. The first kappa shape index (κ1) is 16.9. The molecule has 0 amide bonds. The highest BCUT2D eigenvalue weighted by atomic mass is 32.2. The van der Waals surface area contributed by atoms with Crippen molar-refractivity contribution in [1.29, 1.82) is 0 Å². The molecule has 1 aliphatic carbocycles. The highest BCUT2D eigenvalue weighted by molar-refractivity contribution is 8.07. The number of thioether (sulfide) groups is 1. The minimum Gasteiger partial charge on any atom is -0.361 e. The van der Waals surface area contributed by atoms with Crippen molar-refractivity contribution < 1.29 is 4.79 Å². The molecule has 1 aliphatic heterocycles. The van der Waals surface area contributed by atoms with E-state index in [1.54, 1.807) is 17.8 Å². The Morgan fingerprint density at radius 1 is 1.08 bits per heavy atom. The first-order valence-electron chi connectivity index (χ1n) is 8.81. The Bertz CT molecular complexity index is 922. The number of nitrogens with zero attached hydrogens (tertiary/aromatic N) is 1. The quantitative estimate of drug-likeness (QED) is 0.538. The summed E-state index contributed by atoms with van der Waals surface area (Å²) in [7, 11) is 2.08. The minimum absolute atomic E-state index is 0.0610. The first-order valence-corrected chi connectivity index (χ1v) is 9.63. The lowest BCUT2D eigenvalue weighted by atomic mass is 9.93. The lowest BCUT2D eigenvalue weighted by Gasteiger charge is -2.25. The summed E-state index contributed by atoms with van der Waals surface area (Å²) >= 11 is 1.71. The number of hydrogen-bond acceptors (Lipinski definition) is 3. The van der Waals surface area contributed by atoms with E-state index in [0.717, 1.165) is 17.0 Å². The van der Waals surface area contributed by atoms with Crippen LogP contribution >= 0.6 is 11.8 Å². The molecule has 2 aromatic rings. The predicted molar refractivity (Wildman–Crippen MR) is 110 cm³/mol. The van der Waals surface area contributed by atoms with Gasteiger partial charge in [-0.05, 0) is 30.6 Å². The zero-order valence-electron chi connectivity index (χ0n) is 15.0. The maximum atomic E-state index is 12.5. The molecule has 0 bridgehead atoms. The third kappa shape index (κ3) is 3.27. The Kier molecular flexibility index (Phi) is 4.56. The van der Waals surface area contributed by atoms with Crippen molar-refractivity contribution >= 4 is 23.1 Å². The Morgan fingerprint density at radius 3 is 2.54 bits per heavy atom. The molecule has 4 rings (SSSR count). The maximum Gasteiger partial charge on any atom is 0.188 e. The van der Waals surface area contributed by atoms with Gasteiger partial charge in [0.2, 0.25) is 0 Å². The van der Waals surface area contributed by atoms with E-state index < -0.39 is 0 Å². The molecule has 26 heavy (non-hydrogen) atoms. The minimum atomic E-state index is 0.0610. The zero-order chi connectivity index (χ0) is 18.1. The fourth-order valence-corrected chi connectivity index (χ4v) is 4.55. The van der Waals surface area contributed by atoms with Gasteiger partial charge in [0, 0.05) is 23.6 Å². The molecule has 1 fully saturated rings. The van der Waals surface area contributed by atoms with Crippen molar-refractivity contribution in [1.82, 2.24) is 4.90 Å². The molecule has 2 aliphatic rings. The van der Waals surface area contributed by atoms with Crippen LogP contribution in [0.25, 0.3) is 5.57 Å². The summed E-state index contributed by atoms with van der Waals surface area (Å²) in [6.45, 7) is 2.11. The summed E-state index contributed by atoms with van der Waals surface area (Å²) in [5.41, 5.74) is 4.64. The number of hydrogen-bond donors (Lipinski definition) is 0. The van der Waals surface area contributed by atoms with Crippen molar-refractivity contribution in [3.63, 3.8) is 0 Å². The third-order valence-corrected chi connectivity index (χ3v) is 6.22. The monoisotopic (exact) mass is 359 g/mol. The topological polar surface area (TPSA) is 20.3 Å². The van der Waals surface area contributed by atoms with Gasteiger partial charge in [0.25, 0.3) is 0 Å². The van der Waals surface area contributed by atoms with Crippen LogP contribution in [-0.2, 0) is 0 Å². The van der Waals surface area contributed by atoms with Gasteiger partial charge in [0.05, 0.1) is 11.1 Å². The van der Waals surface area contributed by atoms with Gasteiger partial charge >= 0.3 is 0 Å². The van der Waals surface area contributed by atoms with Crippen LogP contribution in [-0.4, -0.2) is 23.8 Å². The molecule has 2 nitrogen and oxygen atoms in total. The van der Waals surface area contributed by atoms with Crippen molar-refractivity contribution in [2.75, 3.05) is 7.05 Å². The van der Waals surface area contributed by atoms with Crippen LogP contribution in [0.5, 0.6) is 0 Å². The number of likely N-dealkylation sites (N-methyl/N-ethyl adjacent to an activating group) is 1. The van der Waals surface area contributed by atoms with Gasteiger partial charge in [-0.1, -0.05) is 78.0 Å². The van der Waals surface area contributed by atoms with Gasteiger partial charge in [-0.3, -0.25) is 4.79 Å². The maximum absolute atomic E-state index is 12.5. The Balaban J connectivity index is 1.54. The van der Waals surface area contributed by atoms with E-state index in [1.807, 2.05) is 30.3 Å². The summed E-state index contributed by atoms with van der Waals surface area (Å²) in [5, 5.41) is 1.02. The molecule has 2 aromatic carbocycles. The van der Waals surface area contributed by atoms with Crippen LogP contribution in [0.2, 0.25) is 0 Å². The molecule has 3 heteroatoms. The molecular formula is C23H21NOS. The lowest BCUT2D eigenvalue weighted by Crippen LogP contribution is -2.26. The van der Waals surface area contributed by atoms with Crippen LogP contribution in [0.3, 0.4) is 0 Å². The number of allylic oxidation sites excluding steroid dienone is 3. The average Bonchev–Trinajstić information content (AvgIpc) is 2.98. The standard InChI is InChI=1S/C23H21NOS/c1-16-8-10-17(11-9-16)19-12-13-22-20(14-19)24(2)23(26-22)15-21(25)18-6-4-3-5-7-18/h3-13,15,20H,14H2,1-2H3. The second-order valence-corrected chi connectivity index (χ2v) is 7.87. The summed E-state index contributed by atoms with van der Waals surface area (Å²) in [6.07, 6.45) is 7.16. The normalized spacial score (nSPS) is 20.6. The number of benzene rings is 2. The van der Waals surface area contributed by atoms with Gasteiger partial charge in [-0.15, -0.1) is 0 Å². The van der Waals surface area contributed by atoms with Crippen LogP contribution in [0.1, 0.15) is 27.9 Å². The third-order valence-electron chi connectivity index (χ3n) is 4.96. The molecule has 0 radical (unpaired) electrons. The lowest BCUT2D eigenvalue weighted by molar-refractivity contribution is 0.104. The molecule has 130 valence electrons. The SMILES string of the molecule is Cc1ccc(C2=CC=C3SC(=CC(=O)c4ccccc4)N(C)C3C2)cc1. The zero-order valence-corrected chi connectivity index (χ0v) is 15.8. The predicted octanol–water partition coefficient (Wildman–Crippen LogP) is 5.44. The molecule has 1 saturated heterocycles. The van der Waals surface area contributed by atoms with E-state index >= 15 is 0 Å². The largest absolute Gasteiger partial charge is 0.361 e. The average molecular weight is 359 g/mol. The summed E-state index contributed by atoms with van der Waals surface area (Å²) in [5.74, 6) is 0.0610. The number of carbonyl (C=O) groups excluding carboxylic acids is 1. The van der Waals surface area contributed by atoms with Crippen molar-refractivity contribution in [2.24, 2.45) is 0 Å². The highest BCUT2D eigenvalue weighted by Crippen LogP contribution is 2.46. The van der Waals surface area contributed by atoms with E-state index in [-0.39, 0.29) is 5.78 Å². The fourth-order valence-electron chi connectivity index (χ4n) is 3.36. The van der Waals surface area contributed by atoms with Crippen LogP contribution in [0.4, 0.5) is 0 Å². The molecule has 0 spiro atoms. The number of ketones is 1. The van der Waals surface area contributed by atoms with Crippen molar-refractivity contribution in [3.8, 4) is 0 Å². The van der Waals surface area contributed by atoms with Gasteiger partial charge in [0.1, 0.15) is 0 Å². The second kappa shape index (κ2) is 7.00. The Morgan fingerprint density at radius 2 is 1.81 bits per heavy atom. The summed E-state index contributed by atoms with van der Waals surface area (Å²) in [6, 6.07) is 18.5. The number of carbonyl (C=O) groups is 1. The molecular weight excluding hydrogens is 338 g/mol. The summed E-state index contributed by atoms with van der Waals surface area (Å²) in [4.78, 5) is 16.1. The molecule has 1 atom stereocenters. The number of fused-ring (bicyclic) bond motifs is 1. The van der Waals surface area contributed by atoms with Gasteiger partial charge in [-0.2, -0.15) is 0 Å². The van der Waals surface area contributed by atoms with E-state index in [1.165, 1.54) is 21.6 Å². The second-order valence-electron chi connectivity index (χ2n) is 6.77. The number of aryl methyl sites for hydroxylation is 1. The van der Waals surface area contributed by atoms with E-state index in [2.05, 4.69) is 55.3 Å². The van der Waals surface area contributed by atoms with Gasteiger partial charge in [-0.25, -0.2) is 0 Å². The Hall–Kier alpha value is -2.52. The Labute approximate surface area is 158 Å². The van der Waals surface area contributed by atoms with Crippen molar-refractivity contribution in [2.45, 2.75) is 19.4 Å². The molecule has 1 unspecified atom stereocenters. The van der Waals surface area contributed by atoms with E-state index in [4.69, 9.17) is 0 Å². The van der Waals surface area contributed by atoms with Crippen LogP contribution < -0.4 is 0 Å². The number of rotatable bonds is 3. The molecule has 0 saturated carbocycles. The first-order chi connectivity index (χ1) is 12.6. The van der Waals surface area contributed by atoms with Crippen LogP contribution in [0.15, 0.2) is 82.8 Å². The van der Waals surface area contributed by atoms with Crippen molar-refractivity contribution in [3.05, 3.63) is 99.4 Å². The highest BCUT2D eigenvalue weighted by Gasteiger charge is 2.33. The summed E-state index contributed by atoms with van der Waals surface area (Å²) < 4.78 is 0. The van der Waals surface area contributed by atoms with Gasteiger partial charge in [0.15, 0.2) is 5.78 Å².